The van der Waals surface area contributed by atoms with Gasteiger partial charge in [-0.05, 0) is 43.8 Å². The highest BCUT2D eigenvalue weighted by atomic mass is 35.5. The summed E-state index contributed by atoms with van der Waals surface area (Å²) < 4.78 is 22.1. The Morgan fingerprint density at radius 2 is 2.10 bits per heavy atom. The minimum Gasteiger partial charge on any atom is -0.360 e. The summed E-state index contributed by atoms with van der Waals surface area (Å²) in [4.78, 5) is 0. The zero-order chi connectivity index (χ0) is 14.5. The van der Waals surface area contributed by atoms with Crippen molar-refractivity contribution in [1.82, 2.24) is 5.32 Å². The van der Waals surface area contributed by atoms with Crippen molar-refractivity contribution in [3.05, 3.63) is 29.3 Å². The molecule has 20 heavy (non-hydrogen) atoms. The van der Waals surface area contributed by atoms with E-state index in [4.69, 9.17) is 23.8 Å². The van der Waals surface area contributed by atoms with Gasteiger partial charge in [0.05, 0.1) is 5.75 Å². The van der Waals surface area contributed by atoms with E-state index in [1.54, 1.807) is 12.1 Å². The molecule has 2 N–H and O–H groups in total. The normalized spacial score (nSPS) is 12.2. The van der Waals surface area contributed by atoms with Crippen molar-refractivity contribution in [3.63, 3.8) is 0 Å². The Bertz CT molecular complexity index is 549. The molecule has 0 fully saturated rings. The Morgan fingerprint density at radius 3 is 2.65 bits per heavy atom. The molecule has 0 aliphatic carbocycles. The predicted molar refractivity (Wildman–Crippen MR) is 95.0 cm³/mol. The Hall–Kier alpha value is -0.500. The predicted octanol–water partition coefficient (Wildman–Crippen LogP) is 2.56. The van der Waals surface area contributed by atoms with Crippen LogP contribution < -0.4 is 10.6 Å². The Balaban J connectivity index is 0.00000361. The van der Waals surface area contributed by atoms with Gasteiger partial charge in [0, 0.05) is 23.0 Å². The van der Waals surface area contributed by atoms with E-state index in [-0.39, 0.29) is 25.3 Å². The number of thiocarbonyl (C=S) groups is 1. The van der Waals surface area contributed by atoms with E-state index in [1.807, 2.05) is 19.1 Å². The van der Waals surface area contributed by atoms with E-state index < -0.39 is 9.84 Å². The second-order valence-corrected chi connectivity index (χ2v) is 7.53. The minimum atomic E-state index is -2.94. The van der Waals surface area contributed by atoms with Gasteiger partial charge in [-0.2, -0.15) is 13.5 Å². The summed E-state index contributed by atoms with van der Waals surface area (Å²) in [5.41, 5.74) is 0.792. The van der Waals surface area contributed by atoms with Crippen LogP contribution in [-0.2, 0) is 9.84 Å². The lowest BCUT2D eigenvalue weighted by atomic mass is 10.3. The second-order valence-electron chi connectivity index (χ2n) is 4.43. The molecular weight excluding hydrogens is 336 g/mol. The number of hydrogen-bond donors (Lipinski definition) is 2. The molecule has 8 heteroatoms. The molecule has 1 rings (SSSR count). The molecule has 0 aliphatic heterocycles. The van der Waals surface area contributed by atoms with Crippen molar-refractivity contribution in [1.29, 1.82) is 0 Å². The number of anilines is 1. The molecule has 0 unspecified atom stereocenters. The van der Waals surface area contributed by atoms with Crippen LogP contribution in [-0.4, -0.2) is 31.6 Å². The smallest absolute Gasteiger partial charge is 0.170 e. The Morgan fingerprint density at radius 1 is 1.45 bits per heavy atom. The molecule has 4 nitrogen and oxygen atoms in total. The maximum atomic E-state index is 11.1. The lowest BCUT2D eigenvalue weighted by molar-refractivity contribution is 0.585. The van der Waals surface area contributed by atoms with Crippen LogP contribution in [0.5, 0.6) is 0 Å². The van der Waals surface area contributed by atoms with Gasteiger partial charge in [-0.25, -0.2) is 8.42 Å². The zero-order valence-corrected chi connectivity index (χ0v) is 14.7. The summed E-state index contributed by atoms with van der Waals surface area (Å²) in [6.07, 6.45) is 1.73. The van der Waals surface area contributed by atoms with Crippen LogP contribution in [0.1, 0.15) is 13.3 Å². The first kappa shape index (κ1) is 19.5. The van der Waals surface area contributed by atoms with Crippen LogP contribution in [0.4, 0.5) is 5.69 Å². The second kappa shape index (κ2) is 8.71. The highest BCUT2D eigenvalue weighted by Crippen LogP contribution is 2.14. The van der Waals surface area contributed by atoms with Crippen molar-refractivity contribution < 1.29 is 8.42 Å². The van der Waals surface area contributed by atoms with E-state index in [0.29, 0.717) is 16.6 Å². The summed E-state index contributed by atoms with van der Waals surface area (Å²) in [6.45, 7) is 1.89. The highest BCUT2D eigenvalue weighted by Gasteiger charge is 2.09. The van der Waals surface area contributed by atoms with Crippen molar-refractivity contribution >= 4 is 58.0 Å². The van der Waals surface area contributed by atoms with Gasteiger partial charge in [-0.1, -0.05) is 17.7 Å². The molecule has 0 radical (unpaired) electrons. The molecule has 0 amide bonds. The van der Waals surface area contributed by atoms with Gasteiger partial charge in [-0.15, -0.1) is 0 Å². The molecule has 0 aliphatic rings. The average molecular weight is 355 g/mol. The SMILES string of the molecule is C[C@@H](CCS(C)(=O)=O)NC(=S)Nc1cccc(Cl)c1.S. The fourth-order valence-electron chi connectivity index (χ4n) is 1.42. The Labute approximate surface area is 137 Å². The van der Waals surface area contributed by atoms with Crippen LogP contribution >= 0.6 is 37.3 Å². The maximum Gasteiger partial charge on any atom is 0.170 e. The number of sulfone groups is 1. The largest absolute Gasteiger partial charge is 0.360 e. The molecule has 0 bridgehead atoms. The number of hydrogen-bond acceptors (Lipinski definition) is 3. The lowest BCUT2D eigenvalue weighted by Crippen LogP contribution is -2.36. The summed E-state index contributed by atoms with van der Waals surface area (Å²) in [5.74, 6) is 0.140. The first-order chi connectivity index (χ1) is 8.76. The summed E-state index contributed by atoms with van der Waals surface area (Å²) in [5, 5.41) is 7.10. The monoisotopic (exact) mass is 354 g/mol. The molecule has 0 heterocycles. The molecular formula is C12H19ClN2O2S3. The van der Waals surface area contributed by atoms with Crippen LogP contribution in [0.25, 0.3) is 0 Å². The van der Waals surface area contributed by atoms with Gasteiger partial charge in [-0.3, -0.25) is 0 Å². The van der Waals surface area contributed by atoms with Gasteiger partial charge in [0.25, 0.3) is 0 Å². The number of halogens is 1. The number of benzene rings is 1. The molecule has 0 aromatic heterocycles. The summed E-state index contributed by atoms with van der Waals surface area (Å²) in [7, 11) is -2.94. The molecule has 1 atom stereocenters. The molecule has 1 aromatic rings. The number of rotatable bonds is 5. The Kier molecular flexibility index (Phi) is 8.50. The van der Waals surface area contributed by atoms with Crippen molar-refractivity contribution in [3.8, 4) is 0 Å². The molecule has 0 saturated carbocycles. The molecule has 114 valence electrons. The molecule has 1 aromatic carbocycles. The van der Waals surface area contributed by atoms with Gasteiger partial charge in [0.2, 0.25) is 0 Å². The van der Waals surface area contributed by atoms with Crippen molar-refractivity contribution in [2.75, 3.05) is 17.3 Å². The van der Waals surface area contributed by atoms with Gasteiger partial charge >= 0.3 is 0 Å². The van der Waals surface area contributed by atoms with E-state index in [2.05, 4.69) is 10.6 Å². The highest BCUT2D eigenvalue weighted by molar-refractivity contribution is 7.90. The van der Waals surface area contributed by atoms with E-state index in [1.165, 1.54) is 6.26 Å². The lowest BCUT2D eigenvalue weighted by Gasteiger charge is -2.16. The van der Waals surface area contributed by atoms with E-state index in [9.17, 15) is 8.42 Å². The van der Waals surface area contributed by atoms with Gasteiger partial charge in [0.1, 0.15) is 9.84 Å². The first-order valence-corrected chi connectivity index (χ1v) is 8.62. The third-order valence-electron chi connectivity index (χ3n) is 2.38. The van der Waals surface area contributed by atoms with E-state index >= 15 is 0 Å². The average Bonchev–Trinajstić information content (AvgIpc) is 2.25. The fourth-order valence-corrected chi connectivity index (χ4v) is 2.71. The van der Waals surface area contributed by atoms with Gasteiger partial charge in [0.15, 0.2) is 5.11 Å². The third-order valence-corrected chi connectivity index (χ3v) is 3.81. The quantitative estimate of drug-likeness (QED) is 0.796. The third kappa shape index (κ3) is 8.63. The van der Waals surface area contributed by atoms with Crippen molar-refractivity contribution in [2.45, 2.75) is 19.4 Å². The summed E-state index contributed by atoms with van der Waals surface area (Å²) >= 11 is 11.0. The number of nitrogens with one attached hydrogen (secondary N) is 2. The fraction of sp³-hybridized carbons (Fsp3) is 0.417. The van der Waals surface area contributed by atoms with Crippen LogP contribution in [0, 0.1) is 0 Å². The summed E-state index contributed by atoms with van der Waals surface area (Å²) in [6, 6.07) is 7.18. The topological polar surface area (TPSA) is 58.2 Å². The van der Waals surface area contributed by atoms with Crippen LogP contribution in [0.15, 0.2) is 24.3 Å². The van der Waals surface area contributed by atoms with Crippen LogP contribution in [0.2, 0.25) is 5.02 Å². The standard InChI is InChI=1S/C12H17ClN2O2S2.H2S/c1-9(6-7-19(2,16)17)14-12(18)15-11-5-3-4-10(13)8-11;/h3-5,8-9H,6-7H2,1-2H3,(H2,14,15,18);1H2/t9-;/m0./s1. The maximum absolute atomic E-state index is 11.1. The van der Waals surface area contributed by atoms with Crippen LogP contribution in [0.3, 0.4) is 0 Å². The minimum absolute atomic E-state index is 0. The van der Waals surface area contributed by atoms with E-state index in [0.717, 1.165) is 5.69 Å². The molecule has 0 spiro atoms. The van der Waals surface area contributed by atoms with Gasteiger partial charge < -0.3 is 10.6 Å². The van der Waals surface area contributed by atoms with Crippen molar-refractivity contribution in [2.24, 2.45) is 0 Å². The molecule has 0 saturated heterocycles. The zero-order valence-electron chi connectivity index (χ0n) is 11.3. The first-order valence-electron chi connectivity index (χ1n) is 5.77.